The molecule has 0 spiro atoms. The zero-order valence-electron chi connectivity index (χ0n) is 8.73. The maximum absolute atomic E-state index is 10.6. The number of carbonyl (C=O) groups is 1. The third-order valence-corrected chi connectivity index (χ3v) is 2.96. The molecule has 0 bridgehead atoms. The molecule has 0 fully saturated rings. The molecule has 0 radical (unpaired) electrons. The van der Waals surface area contributed by atoms with Gasteiger partial charge in [0.15, 0.2) is 0 Å². The molecular weight excluding hydrogens is 569 g/mol. The van der Waals surface area contributed by atoms with Gasteiger partial charge in [-0.3, -0.25) is 0 Å². The summed E-state index contributed by atoms with van der Waals surface area (Å²) >= 11 is 1.42. The molecule has 0 heterocycles. The summed E-state index contributed by atoms with van der Waals surface area (Å²) in [5.41, 5.74) is 0.991. The third-order valence-electron chi connectivity index (χ3n) is 1.67. The fraction of sp³-hybridized carbons (Fsp3) is 0.300. The molecule has 0 aromatic heterocycles. The number of carbonyl (C=O) groups excluding carboxylic acids is 1. The van der Waals surface area contributed by atoms with Crippen molar-refractivity contribution in [2.45, 2.75) is 14.7 Å². The molecule has 72 valence electrons. The van der Waals surface area contributed by atoms with Gasteiger partial charge < -0.3 is 0 Å². The molecule has 5 heteroatoms. The van der Waals surface area contributed by atoms with Gasteiger partial charge in [-0.25, -0.2) is 0 Å². The molecule has 3 nitrogen and oxygen atoms in total. The predicted octanol–water partition coefficient (Wildman–Crippen LogP) is 1.51. The summed E-state index contributed by atoms with van der Waals surface area (Å²) in [5, 5.41) is 0. The van der Waals surface area contributed by atoms with Crippen molar-refractivity contribution < 1.29 is 66.5 Å². The van der Waals surface area contributed by atoms with E-state index in [4.69, 9.17) is 9.47 Å². The van der Waals surface area contributed by atoms with Gasteiger partial charge in [-0.2, -0.15) is 0 Å². The second kappa shape index (κ2) is 6.84. The third kappa shape index (κ3) is 5.85. The number of esters is 1. The predicted molar refractivity (Wildman–Crippen MR) is 46.3 cm³/mol. The van der Waals surface area contributed by atoms with Crippen molar-refractivity contribution in [3.63, 3.8) is 0 Å². The summed E-state index contributed by atoms with van der Waals surface area (Å²) in [6, 6.07) is 7.74. The summed E-state index contributed by atoms with van der Waals surface area (Å²) in [6.45, 7) is 1.75. The van der Waals surface area contributed by atoms with E-state index in [1.165, 1.54) is 6.92 Å². The van der Waals surface area contributed by atoms with Crippen LogP contribution >= 0.6 is 0 Å². The molecule has 0 aliphatic carbocycles. The number of rotatable bonds is 4. The van der Waals surface area contributed by atoms with Gasteiger partial charge in [0.2, 0.25) is 0 Å². The molecule has 0 aliphatic heterocycles. The van der Waals surface area contributed by atoms with Crippen LogP contribution < -0.4 is 4.74 Å². The van der Waals surface area contributed by atoms with Crippen molar-refractivity contribution in [3.8, 4) is 5.75 Å². The Hall–Kier alpha value is 0.360. The average Bonchev–Trinajstić information content (AvgIpc) is 2.16. The number of hydrogen-bond donors (Lipinski definition) is 0. The van der Waals surface area contributed by atoms with Crippen molar-refractivity contribution in [1.29, 1.82) is 0 Å². The van der Waals surface area contributed by atoms with E-state index in [1.54, 1.807) is 0 Å². The molecule has 0 N–H and O–H groups in total. The molecule has 0 saturated carbocycles. The minimum absolute atomic E-state index is 0.251. The van der Waals surface area contributed by atoms with Crippen molar-refractivity contribution in [2.24, 2.45) is 0 Å². The Bertz CT molecular complexity index is 322. The van der Waals surface area contributed by atoms with Crippen molar-refractivity contribution in [2.75, 3.05) is 0 Å². The van der Waals surface area contributed by atoms with Crippen LogP contribution in [0.2, 0.25) is 0 Å². The molecule has 1 rings (SSSR count). The Labute approximate surface area is 121 Å². The molecule has 0 atom stereocenters. The first-order chi connectivity index (χ1) is 7.08. The molecule has 1 aromatic carbocycles. The van der Waals surface area contributed by atoms with E-state index < -0.39 is 0 Å². The fourth-order valence-corrected chi connectivity index (χ4v) is 2.54. The Kier molecular flexibility index (Phi) is 6.12. The van der Waals surface area contributed by atoms with E-state index >= 15 is 0 Å². The second-order valence-corrected chi connectivity index (χ2v) is 27.7. The van der Waals surface area contributed by atoms with Crippen LogP contribution in [0.5, 0.6) is 5.75 Å². The molecule has 1 aromatic rings. The van der Waals surface area contributed by atoms with Gasteiger partial charge in [-0.15, -0.1) is 0 Å². The second-order valence-electron chi connectivity index (χ2n) is 3.16. The first kappa shape index (κ1) is 13.4. The number of hydrogen-bond acceptors (Lipinski definition) is 3. The van der Waals surface area contributed by atoms with Crippen LogP contribution in [-0.4, -0.2) is 7.09 Å². The zero-order chi connectivity index (χ0) is 11.3. The SMILES string of the molecule is CC(=O)OCc1ccc(O[CH]([Hg])[Hg])cc1. The molecule has 0 amide bonds. The first-order valence-electron chi connectivity index (χ1n) is 4.63. The van der Waals surface area contributed by atoms with Gasteiger partial charge in [0, 0.05) is 0 Å². The maximum atomic E-state index is 10.6. The quantitative estimate of drug-likeness (QED) is 0.401. The van der Waals surface area contributed by atoms with Gasteiger partial charge in [0.05, 0.1) is 0 Å². The van der Waals surface area contributed by atoms with Gasteiger partial charge in [0.1, 0.15) is 0 Å². The molecule has 0 saturated heterocycles. The van der Waals surface area contributed by atoms with E-state index in [0.29, 0.717) is 60.0 Å². The van der Waals surface area contributed by atoms with E-state index in [-0.39, 0.29) is 5.97 Å². The van der Waals surface area contributed by atoms with Gasteiger partial charge in [-0.1, -0.05) is 0 Å². The summed E-state index contributed by atoms with van der Waals surface area (Å²) in [7, 11) is 0. The van der Waals surface area contributed by atoms with E-state index in [0.717, 1.165) is 11.3 Å². The summed E-state index contributed by atoms with van der Waals surface area (Å²) in [5.74, 6) is 0.677. The monoisotopic (exact) mass is 582 g/mol. The topological polar surface area (TPSA) is 35.5 Å². The average molecular weight is 579 g/mol. The molecule has 0 aliphatic rings. The Morgan fingerprint density at radius 2 is 1.93 bits per heavy atom. The summed E-state index contributed by atoms with van der Waals surface area (Å²) in [4.78, 5) is 10.6. The molecule has 15 heavy (non-hydrogen) atoms. The first-order valence-corrected chi connectivity index (χ1v) is 11.0. The molecular formula is C10H10Hg2O3. The van der Waals surface area contributed by atoms with Gasteiger partial charge in [0.25, 0.3) is 0 Å². The minimum atomic E-state index is -0.251. The normalized spacial score (nSPS) is 10.3. The Morgan fingerprint density at radius 3 is 2.40 bits per heavy atom. The van der Waals surface area contributed by atoms with Crippen LogP contribution in [0.3, 0.4) is 0 Å². The van der Waals surface area contributed by atoms with Crippen LogP contribution in [0, 0.1) is 0 Å². The van der Waals surface area contributed by atoms with Crippen LogP contribution in [0.15, 0.2) is 24.3 Å². The Morgan fingerprint density at radius 1 is 1.33 bits per heavy atom. The van der Waals surface area contributed by atoms with Gasteiger partial charge >= 0.3 is 123 Å². The van der Waals surface area contributed by atoms with Crippen molar-refractivity contribution in [3.05, 3.63) is 29.8 Å². The molecule has 0 unspecified atom stereocenters. The standard InChI is InChI=1S/C10H10O3.2Hg/c1-8(11)13-7-9-3-5-10(12-2)6-4-9;;/h2-6H,7H2,1H3;;. The van der Waals surface area contributed by atoms with E-state index in [1.807, 2.05) is 24.3 Å². The van der Waals surface area contributed by atoms with Crippen molar-refractivity contribution >= 4 is 5.97 Å². The Balaban J connectivity index is 2.52. The fourth-order valence-electron chi connectivity index (χ4n) is 1.04. The summed E-state index contributed by atoms with van der Waals surface area (Å²) < 4.78 is 11.1. The van der Waals surface area contributed by atoms with Crippen LogP contribution in [0.25, 0.3) is 0 Å². The van der Waals surface area contributed by atoms with E-state index in [9.17, 15) is 4.79 Å². The van der Waals surface area contributed by atoms with Crippen molar-refractivity contribution in [1.82, 2.24) is 0 Å². The van der Waals surface area contributed by atoms with E-state index in [2.05, 4.69) is 0 Å². The zero-order valence-corrected chi connectivity index (χ0v) is 19.7. The van der Waals surface area contributed by atoms with Crippen LogP contribution in [0.4, 0.5) is 0 Å². The van der Waals surface area contributed by atoms with Crippen LogP contribution in [0.1, 0.15) is 12.5 Å². The van der Waals surface area contributed by atoms with Gasteiger partial charge in [-0.05, 0) is 0 Å². The summed E-state index contributed by atoms with van der Waals surface area (Å²) in [6.07, 6.45) is 0. The van der Waals surface area contributed by atoms with Crippen LogP contribution in [-0.2, 0) is 68.4 Å². The number of benzene rings is 1. The number of ether oxygens (including phenoxy) is 2.